The summed E-state index contributed by atoms with van der Waals surface area (Å²) in [6.07, 6.45) is 3.50. The van der Waals surface area contributed by atoms with Gasteiger partial charge in [-0.2, -0.15) is 0 Å². The van der Waals surface area contributed by atoms with E-state index in [4.69, 9.17) is 18.9 Å². The molecule has 1 aromatic carbocycles. The van der Waals surface area contributed by atoms with Crippen LogP contribution >= 0.6 is 0 Å². The lowest BCUT2D eigenvalue weighted by atomic mass is 9.85. The number of likely N-dealkylation sites (tertiary alicyclic amines) is 1. The van der Waals surface area contributed by atoms with Gasteiger partial charge in [0, 0.05) is 33.4 Å². The van der Waals surface area contributed by atoms with Gasteiger partial charge in [-0.05, 0) is 37.0 Å². The Morgan fingerprint density at radius 2 is 2.04 bits per heavy atom. The Balaban J connectivity index is 1.43. The van der Waals surface area contributed by atoms with Crippen molar-refractivity contribution in [3.63, 3.8) is 0 Å². The van der Waals surface area contributed by atoms with Gasteiger partial charge in [-0.3, -0.25) is 4.90 Å². The zero-order chi connectivity index (χ0) is 15.7. The molecule has 0 unspecified atom stereocenters. The molecule has 0 aliphatic carbocycles. The van der Waals surface area contributed by atoms with Gasteiger partial charge in [-0.25, -0.2) is 0 Å². The number of nitrogens with zero attached hydrogens (tertiary/aromatic N) is 1. The number of benzene rings is 1. The quantitative estimate of drug-likeness (QED) is 0.854. The van der Waals surface area contributed by atoms with Gasteiger partial charge in [-0.1, -0.05) is 6.07 Å². The Morgan fingerprint density at radius 1 is 1.17 bits per heavy atom. The molecule has 0 saturated carbocycles. The minimum absolute atomic E-state index is 0.0436. The van der Waals surface area contributed by atoms with Gasteiger partial charge in [0.1, 0.15) is 13.2 Å². The molecule has 1 spiro atoms. The molecule has 2 saturated heterocycles. The monoisotopic (exact) mass is 319 g/mol. The summed E-state index contributed by atoms with van der Waals surface area (Å²) in [6, 6.07) is 6.25. The van der Waals surface area contributed by atoms with E-state index < -0.39 is 0 Å². The molecule has 3 aliphatic rings. The van der Waals surface area contributed by atoms with Crippen molar-refractivity contribution in [1.82, 2.24) is 4.90 Å². The number of piperidine rings is 1. The molecule has 2 atom stereocenters. The van der Waals surface area contributed by atoms with Crippen molar-refractivity contribution in [2.45, 2.75) is 37.5 Å². The summed E-state index contributed by atoms with van der Waals surface area (Å²) >= 11 is 0. The number of rotatable bonds is 3. The third-order valence-electron chi connectivity index (χ3n) is 5.29. The number of hydrogen-bond acceptors (Lipinski definition) is 5. The van der Waals surface area contributed by atoms with Crippen LogP contribution in [0.25, 0.3) is 0 Å². The minimum Gasteiger partial charge on any atom is -0.486 e. The van der Waals surface area contributed by atoms with E-state index in [9.17, 15) is 0 Å². The van der Waals surface area contributed by atoms with Crippen LogP contribution in [-0.2, 0) is 16.0 Å². The SMILES string of the molecule is CO[C@H]1CN(Cc2ccc3c(c2)OCCO3)CC[C@@]12CCCO2. The highest BCUT2D eigenvalue weighted by molar-refractivity contribution is 5.43. The second-order valence-corrected chi connectivity index (χ2v) is 6.70. The normalized spacial score (nSPS) is 30.7. The molecule has 0 radical (unpaired) electrons. The maximum atomic E-state index is 6.07. The van der Waals surface area contributed by atoms with Gasteiger partial charge in [-0.15, -0.1) is 0 Å². The van der Waals surface area contributed by atoms with Crippen molar-refractivity contribution in [3.8, 4) is 11.5 Å². The van der Waals surface area contributed by atoms with E-state index in [0.717, 1.165) is 57.0 Å². The molecule has 126 valence electrons. The van der Waals surface area contributed by atoms with Crippen LogP contribution in [0, 0.1) is 0 Å². The standard InChI is InChI=1S/C18H25NO4/c1-20-17-13-19(7-6-18(17)5-2-8-23-18)12-14-3-4-15-16(11-14)22-10-9-21-15/h3-4,11,17H,2,5-10,12-13H2,1H3/t17-,18-/m0/s1. The molecule has 3 aliphatic heterocycles. The topological polar surface area (TPSA) is 40.2 Å². The van der Waals surface area contributed by atoms with Gasteiger partial charge in [0.05, 0.1) is 11.7 Å². The van der Waals surface area contributed by atoms with Crippen LogP contribution in [0.5, 0.6) is 11.5 Å². The van der Waals surface area contributed by atoms with E-state index in [2.05, 4.69) is 17.0 Å². The first-order valence-corrected chi connectivity index (χ1v) is 8.57. The van der Waals surface area contributed by atoms with Gasteiger partial charge < -0.3 is 18.9 Å². The summed E-state index contributed by atoms with van der Waals surface area (Å²) in [4.78, 5) is 2.45. The largest absolute Gasteiger partial charge is 0.486 e. The molecule has 0 bridgehead atoms. The zero-order valence-electron chi connectivity index (χ0n) is 13.8. The van der Waals surface area contributed by atoms with E-state index in [0.29, 0.717) is 13.2 Å². The van der Waals surface area contributed by atoms with E-state index >= 15 is 0 Å². The Bertz CT molecular complexity index is 556. The average molecular weight is 319 g/mol. The molecular formula is C18H25NO4. The smallest absolute Gasteiger partial charge is 0.161 e. The molecule has 0 N–H and O–H groups in total. The first-order chi connectivity index (χ1) is 11.3. The highest BCUT2D eigenvalue weighted by Gasteiger charge is 2.46. The van der Waals surface area contributed by atoms with E-state index in [1.165, 1.54) is 5.56 Å². The molecule has 4 rings (SSSR count). The highest BCUT2D eigenvalue weighted by Crippen LogP contribution is 2.38. The fourth-order valence-electron chi connectivity index (χ4n) is 4.05. The first kappa shape index (κ1) is 15.2. The number of ether oxygens (including phenoxy) is 4. The molecule has 0 amide bonds. The lowest BCUT2D eigenvalue weighted by Gasteiger charge is -2.44. The van der Waals surface area contributed by atoms with E-state index in [1.54, 1.807) is 0 Å². The van der Waals surface area contributed by atoms with Crippen molar-refractivity contribution in [1.29, 1.82) is 0 Å². The number of methoxy groups -OCH3 is 1. The summed E-state index contributed by atoms with van der Waals surface area (Å²) in [7, 11) is 1.81. The summed E-state index contributed by atoms with van der Waals surface area (Å²) in [5.74, 6) is 1.72. The van der Waals surface area contributed by atoms with Crippen LogP contribution in [0.1, 0.15) is 24.8 Å². The summed E-state index contributed by atoms with van der Waals surface area (Å²) in [5.41, 5.74) is 1.21. The molecule has 23 heavy (non-hydrogen) atoms. The van der Waals surface area contributed by atoms with Crippen molar-refractivity contribution < 1.29 is 18.9 Å². The molecule has 2 fully saturated rings. The van der Waals surface area contributed by atoms with Gasteiger partial charge in [0.15, 0.2) is 11.5 Å². The van der Waals surface area contributed by atoms with Crippen LogP contribution < -0.4 is 9.47 Å². The first-order valence-electron chi connectivity index (χ1n) is 8.57. The van der Waals surface area contributed by atoms with E-state index in [1.807, 2.05) is 13.2 Å². The lowest BCUT2D eigenvalue weighted by molar-refractivity contribution is -0.143. The van der Waals surface area contributed by atoms with Crippen molar-refractivity contribution in [2.24, 2.45) is 0 Å². The van der Waals surface area contributed by atoms with Crippen LogP contribution in [0.15, 0.2) is 18.2 Å². The molecular weight excluding hydrogens is 294 g/mol. The van der Waals surface area contributed by atoms with Crippen LogP contribution in [0.4, 0.5) is 0 Å². The van der Waals surface area contributed by atoms with Gasteiger partial charge >= 0.3 is 0 Å². The highest BCUT2D eigenvalue weighted by atomic mass is 16.6. The maximum absolute atomic E-state index is 6.07. The predicted octanol–water partition coefficient (Wildman–Crippen LogP) is 2.23. The Labute approximate surface area is 137 Å². The molecule has 1 aromatic rings. The van der Waals surface area contributed by atoms with Crippen LogP contribution in [0.2, 0.25) is 0 Å². The van der Waals surface area contributed by atoms with Crippen molar-refractivity contribution in [3.05, 3.63) is 23.8 Å². The minimum atomic E-state index is -0.0436. The van der Waals surface area contributed by atoms with Crippen molar-refractivity contribution >= 4 is 0 Å². The summed E-state index contributed by atoms with van der Waals surface area (Å²) in [5, 5.41) is 0. The van der Waals surface area contributed by atoms with Gasteiger partial charge in [0.2, 0.25) is 0 Å². The van der Waals surface area contributed by atoms with E-state index in [-0.39, 0.29) is 11.7 Å². The Hall–Kier alpha value is -1.30. The molecule has 0 aromatic heterocycles. The third kappa shape index (κ3) is 2.93. The molecule has 3 heterocycles. The average Bonchev–Trinajstić information content (AvgIpc) is 3.06. The predicted molar refractivity (Wildman–Crippen MR) is 86.0 cm³/mol. The second kappa shape index (κ2) is 6.30. The number of fused-ring (bicyclic) bond motifs is 1. The summed E-state index contributed by atoms with van der Waals surface area (Å²) < 4.78 is 23.1. The van der Waals surface area contributed by atoms with Crippen LogP contribution in [0.3, 0.4) is 0 Å². The van der Waals surface area contributed by atoms with Crippen LogP contribution in [-0.4, -0.2) is 56.6 Å². The van der Waals surface area contributed by atoms with Crippen molar-refractivity contribution in [2.75, 3.05) is 40.0 Å². The summed E-state index contributed by atoms with van der Waals surface area (Å²) in [6.45, 7) is 5.02. The molecule has 5 heteroatoms. The van der Waals surface area contributed by atoms with Gasteiger partial charge in [0.25, 0.3) is 0 Å². The fraction of sp³-hybridized carbons (Fsp3) is 0.667. The lowest BCUT2D eigenvalue weighted by Crippen LogP contribution is -2.55. The number of hydrogen-bond donors (Lipinski definition) is 0. The zero-order valence-corrected chi connectivity index (χ0v) is 13.8. The fourth-order valence-corrected chi connectivity index (χ4v) is 4.05. The second-order valence-electron chi connectivity index (χ2n) is 6.70. The third-order valence-corrected chi connectivity index (χ3v) is 5.29. The molecule has 5 nitrogen and oxygen atoms in total. The maximum Gasteiger partial charge on any atom is 0.161 e. The Morgan fingerprint density at radius 3 is 2.83 bits per heavy atom. The Kier molecular flexibility index (Phi) is 4.18.